The van der Waals surface area contributed by atoms with Gasteiger partial charge in [-0.2, -0.15) is 5.10 Å². The van der Waals surface area contributed by atoms with E-state index in [9.17, 15) is 4.79 Å². The third-order valence-electron chi connectivity index (χ3n) is 1.83. The van der Waals surface area contributed by atoms with Crippen LogP contribution in [0.1, 0.15) is 10.5 Å². The fourth-order valence-corrected chi connectivity index (χ4v) is 1.20. The van der Waals surface area contributed by atoms with E-state index < -0.39 is 5.97 Å². The lowest BCUT2D eigenvalue weighted by atomic mass is 10.3. The second kappa shape index (κ2) is 2.99. The SMILES string of the molecule is COc1nncc2cc(C(=O)O)[nH]c12. The Bertz CT molecular complexity index is 492. The van der Waals surface area contributed by atoms with Crippen LogP contribution in [-0.4, -0.2) is 33.4 Å². The van der Waals surface area contributed by atoms with Crippen molar-refractivity contribution in [3.8, 4) is 5.88 Å². The summed E-state index contributed by atoms with van der Waals surface area (Å²) >= 11 is 0. The molecule has 0 saturated heterocycles. The van der Waals surface area contributed by atoms with Crippen LogP contribution in [0, 0.1) is 0 Å². The first-order valence-electron chi connectivity index (χ1n) is 3.84. The van der Waals surface area contributed by atoms with Gasteiger partial charge in [0.2, 0.25) is 0 Å². The number of aromatic nitrogens is 3. The number of carbonyl (C=O) groups is 1. The quantitative estimate of drug-likeness (QED) is 0.731. The third-order valence-corrected chi connectivity index (χ3v) is 1.83. The van der Waals surface area contributed by atoms with E-state index in [2.05, 4.69) is 15.2 Å². The molecule has 6 nitrogen and oxygen atoms in total. The number of H-pyrrole nitrogens is 1. The van der Waals surface area contributed by atoms with Crippen LogP contribution in [-0.2, 0) is 0 Å². The zero-order valence-electron chi connectivity index (χ0n) is 7.31. The molecule has 0 atom stereocenters. The summed E-state index contributed by atoms with van der Waals surface area (Å²) in [7, 11) is 1.45. The standard InChI is InChI=1S/C8H7N3O3/c1-14-7-6-4(3-9-11-7)2-5(10-6)8(12)13/h2-3,10H,1H3,(H,12,13). The minimum Gasteiger partial charge on any atom is -0.478 e. The zero-order chi connectivity index (χ0) is 10.1. The van der Waals surface area contributed by atoms with E-state index in [-0.39, 0.29) is 11.6 Å². The van der Waals surface area contributed by atoms with Crippen LogP contribution in [0.15, 0.2) is 12.3 Å². The molecule has 14 heavy (non-hydrogen) atoms. The molecule has 2 heterocycles. The number of carboxylic acids is 1. The van der Waals surface area contributed by atoms with Crippen molar-refractivity contribution in [2.75, 3.05) is 7.11 Å². The number of nitrogens with one attached hydrogen (secondary N) is 1. The number of fused-ring (bicyclic) bond motifs is 1. The monoisotopic (exact) mass is 193 g/mol. The van der Waals surface area contributed by atoms with Crippen LogP contribution in [0.5, 0.6) is 5.88 Å². The fraction of sp³-hybridized carbons (Fsp3) is 0.125. The minimum atomic E-state index is -1.02. The molecular weight excluding hydrogens is 186 g/mol. The fourth-order valence-electron chi connectivity index (χ4n) is 1.20. The van der Waals surface area contributed by atoms with Gasteiger partial charge in [0.25, 0.3) is 5.88 Å². The Morgan fingerprint density at radius 3 is 3.07 bits per heavy atom. The van der Waals surface area contributed by atoms with E-state index in [1.54, 1.807) is 0 Å². The van der Waals surface area contributed by atoms with E-state index in [0.717, 1.165) is 0 Å². The highest BCUT2D eigenvalue weighted by Gasteiger charge is 2.11. The van der Waals surface area contributed by atoms with Crippen molar-refractivity contribution in [3.63, 3.8) is 0 Å². The van der Waals surface area contributed by atoms with Crippen LogP contribution in [0.2, 0.25) is 0 Å². The van der Waals surface area contributed by atoms with Gasteiger partial charge in [0, 0.05) is 5.39 Å². The average molecular weight is 193 g/mol. The van der Waals surface area contributed by atoms with Gasteiger partial charge in [0.15, 0.2) is 0 Å². The Morgan fingerprint density at radius 1 is 1.64 bits per heavy atom. The second-order valence-corrected chi connectivity index (χ2v) is 2.67. The molecule has 0 radical (unpaired) electrons. The van der Waals surface area contributed by atoms with Crippen molar-refractivity contribution in [1.29, 1.82) is 0 Å². The summed E-state index contributed by atoms with van der Waals surface area (Å²) in [5.41, 5.74) is 0.632. The van der Waals surface area contributed by atoms with Crippen molar-refractivity contribution < 1.29 is 14.6 Å². The Morgan fingerprint density at radius 2 is 2.43 bits per heavy atom. The van der Waals surface area contributed by atoms with Gasteiger partial charge in [0.05, 0.1) is 13.3 Å². The number of rotatable bonds is 2. The minimum absolute atomic E-state index is 0.0908. The summed E-state index contributed by atoms with van der Waals surface area (Å²) in [5, 5.41) is 16.8. The summed E-state index contributed by atoms with van der Waals surface area (Å²) in [6.45, 7) is 0. The first-order valence-corrected chi connectivity index (χ1v) is 3.84. The first-order chi connectivity index (χ1) is 6.72. The maximum Gasteiger partial charge on any atom is 0.352 e. The topological polar surface area (TPSA) is 88.1 Å². The predicted octanol–water partition coefficient (Wildman–Crippen LogP) is 0.665. The van der Waals surface area contributed by atoms with Gasteiger partial charge in [-0.1, -0.05) is 0 Å². The smallest absolute Gasteiger partial charge is 0.352 e. The third kappa shape index (κ3) is 1.17. The summed E-state index contributed by atoms with van der Waals surface area (Å²) < 4.78 is 4.92. The molecule has 6 heteroatoms. The molecule has 0 aliphatic rings. The lowest BCUT2D eigenvalue weighted by molar-refractivity contribution is 0.0691. The van der Waals surface area contributed by atoms with Crippen molar-refractivity contribution in [1.82, 2.24) is 15.2 Å². The lowest BCUT2D eigenvalue weighted by Gasteiger charge is -1.96. The Labute approximate surface area is 78.5 Å². The van der Waals surface area contributed by atoms with E-state index >= 15 is 0 Å². The van der Waals surface area contributed by atoms with Crippen LogP contribution in [0.25, 0.3) is 10.9 Å². The highest BCUT2D eigenvalue weighted by atomic mass is 16.5. The number of aromatic amines is 1. The van der Waals surface area contributed by atoms with E-state index in [4.69, 9.17) is 9.84 Å². The second-order valence-electron chi connectivity index (χ2n) is 2.67. The molecule has 72 valence electrons. The van der Waals surface area contributed by atoms with E-state index in [0.29, 0.717) is 10.9 Å². The maximum absolute atomic E-state index is 10.7. The van der Waals surface area contributed by atoms with Crippen LogP contribution < -0.4 is 4.74 Å². The van der Waals surface area contributed by atoms with Gasteiger partial charge in [-0.25, -0.2) is 4.79 Å². The molecule has 0 bridgehead atoms. The maximum atomic E-state index is 10.7. The predicted molar refractivity (Wildman–Crippen MR) is 47.4 cm³/mol. The summed E-state index contributed by atoms with van der Waals surface area (Å²) in [4.78, 5) is 13.3. The molecule has 0 aliphatic heterocycles. The van der Waals surface area contributed by atoms with Crippen molar-refractivity contribution in [3.05, 3.63) is 18.0 Å². The molecular formula is C8H7N3O3. The number of hydrogen-bond donors (Lipinski definition) is 2. The molecule has 0 aliphatic carbocycles. The summed E-state index contributed by atoms with van der Waals surface area (Å²) in [6.07, 6.45) is 1.47. The van der Waals surface area contributed by atoms with Crippen molar-refractivity contribution >= 4 is 16.9 Å². The van der Waals surface area contributed by atoms with Gasteiger partial charge >= 0.3 is 5.97 Å². The van der Waals surface area contributed by atoms with Crippen LogP contribution >= 0.6 is 0 Å². The van der Waals surface area contributed by atoms with Crippen molar-refractivity contribution in [2.24, 2.45) is 0 Å². The number of aromatic carboxylic acids is 1. The zero-order valence-corrected chi connectivity index (χ0v) is 7.31. The van der Waals surface area contributed by atoms with E-state index in [1.807, 2.05) is 0 Å². The van der Waals surface area contributed by atoms with Gasteiger partial charge in [-0.3, -0.25) is 0 Å². The highest BCUT2D eigenvalue weighted by molar-refractivity contribution is 5.94. The molecule has 0 fully saturated rings. The number of hydrogen-bond acceptors (Lipinski definition) is 4. The largest absolute Gasteiger partial charge is 0.478 e. The molecule has 2 aromatic rings. The van der Waals surface area contributed by atoms with Crippen LogP contribution in [0.4, 0.5) is 0 Å². The molecule has 0 unspecified atom stereocenters. The molecule has 0 spiro atoms. The number of methoxy groups -OCH3 is 1. The molecule has 0 aromatic carbocycles. The molecule has 0 amide bonds. The van der Waals surface area contributed by atoms with Gasteiger partial charge in [-0.05, 0) is 6.07 Å². The number of nitrogens with zero attached hydrogens (tertiary/aromatic N) is 2. The highest BCUT2D eigenvalue weighted by Crippen LogP contribution is 2.21. The summed E-state index contributed by atoms with van der Waals surface area (Å²) in [6, 6.07) is 1.48. The number of carboxylic acid groups (broad SMARTS) is 1. The molecule has 2 N–H and O–H groups in total. The van der Waals surface area contributed by atoms with Gasteiger partial charge < -0.3 is 14.8 Å². The molecule has 0 saturated carbocycles. The Kier molecular flexibility index (Phi) is 1.81. The molecule has 2 aromatic heterocycles. The van der Waals surface area contributed by atoms with Gasteiger partial charge in [-0.15, -0.1) is 5.10 Å². The lowest BCUT2D eigenvalue weighted by Crippen LogP contribution is -1.95. The normalized spacial score (nSPS) is 10.4. The number of ether oxygens (including phenoxy) is 1. The summed E-state index contributed by atoms with van der Waals surface area (Å²) in [5.74, 6) is -0.738. The van der Waals surface area contributed by atoms with Crippen LogP contribution in [0.3, 0.4) is 0 Å². The van der Waals surface area contributed by atoms with E-state index in [1.165, 1.54) is 19.4 Å². The first kappa shape index (κ1) is 8.49. The van der Waals surface area contributed by atoms with Crippen molar-refractivity contribution in [2.45, 2.75) is 0 Å². The van der Waals surface area contributed by atoms with Gasteiger partial charge in [0.1, 0.15) is 11.2 Å². The molecule has 2 rings (SSSR count). The average Bonchev–Trinajstić information content (AvgIpc) is 2.60. The Balaban J connectivity index is 2.70. The Hall–Kier alpha value is -2.11.